The number of benzene rings is 2. The molecule has 0 aliphatic carbocycles. The lowest BCUT2D eigenvalue weighted by molar-refractivity contribution is 0.462. The van der Waals surface area contributed by atoms with E-state index in [1.54, 1.807) is 12.1 Å². The molecule has 0 spiro atoms. The summed E-state index contributed by atoms with van der Waals surface area (Å²) < 4.78 is 0. The molecule has 2 rings (SSSR count). The van der Waals surface area contributed by atoms with Gasteiger partial charge in [-0.15, -0.1) is 0 Å². The minimum atomic E-state index is 0.0369. The third-order valence-corrected chi connectivity index (χ3v) is 3.87. The van der Waals surface area contributed by atoms with E-state index in [-0.39, 0.29) is 11.8 Å². The Kier molecular flexibility index (Phi) is 4.24. The molecule has 0 bridgehead atoms. The number of phenols is 1. The number of anilines is 1. The molecule has 3 heteroatoms. The zero-order valence-electron chi connectivity index (χ0n) is 12.3. The summed E-state index contributed by atoms with van der Waals surface area (Å²) in [6.07, 6.45) is 0. The van der Waals surface area contributed by atoms with Crippen molar-refractivity contribution in [3.63, 3.8) is 0 Å². The first-order chi connectivity index (χ1) is 9.38. The average Bonchev–Trinajstić information content (AvgIpc) is 2.38. The summed E-state index contributed by atoms with van der Waals surface area (Å²) in [5, 5.41) is 10.7. The lowest BCUT2D eigenvalue weighted by Gasteiger charge is -2.28. The summed E-state index contributed by atoms with van der Waals surface area (Å²) in [5.41, 5.74) is 4.43. The molecule has 1 atom stereocenters. The zero-order valence-corrected chi connectivity index (χ0v) is 13.1. The molecule has 0 fully saturated rings. The maximum Gasteiger partial charge on any atom is 0.120 e. The molecular formula is C17H20ClNO. The van der Waals surface area contributed by atoms with Crippen LogP contribution in [0.4, 0.5) is 5.69 Å². The minimum Gasteiger partial charge on any atom is -0.508 e. The standard InChI is InChI=1S/C17H20ClNO/c1-11-7-12(2)9-15(8-11)19(4)13(3)16-10-14(18)5-6-17(16)20/h5-10,13,20H,1-4H3. The SMILES string of the molecule is Cc1cc(C)cc(N(C)C(C)c2cc(Cl)ccc2O)c1. The van der Waals surface area contributed by atoms with Gasteiger partial charge in [-0.2, -0.15) is 0 Å². The molecular weight excluding hydrogens is 270 g/mol. The van der Waals surface area contributed by atoms with Crippen LogP contribution >= 0.6 is 11.6 Å². The first kappa shape index (κ1) is 14.7. The minimum absolute atomic E-state index is 0.0369. The number of rotatable bonds is 3. The van der Waals surface area contributed by atoms with Crippen molar-refractivity contribution in [1.82, 2.24) is 0 Å². The van der Waals surface area contributed by atoms with Crippen molar-refractivity contribution in [2.45, 2.75) is 26.8 Å². The summed E-state index contributed by atoms with van der Waals surface area (Å²) in [6.45, 7) is 6.24. The Morgan fingerprint density at radius 2 is 1.65 bits per heavy atom. The van der Waals surface area contributed by atoms with Crippen LogP contribution in [0, 0.1) is 13.8 Å². The normalized spacial score (nSPS) is 12.2. The number of aromatic hydroxyl groups is 1. The summed E-state index contributed by atoms with van der Waals surface area (Å²) in [5.74, 6) is 0.276. The molecule has 20 heavy (non-hydrogen) atoms. The molecule has 0 aliphatic heterocycles. The van der Waals surface area contributed by atoms with E-state index < -0.39 is 0 Å². The topological polar surface area (TPSA) is 23.5 Å². The Labute approximate surface area is 125 Å². The van der Waals surface area contributed by atoms with Gasteiger partial charge in [0.1, 0.15) is 5.75 Å². The summed E-state index contributed by atoms with van der Waals surface area (Å²) in [7, 11) is 2.03. The Hall–Kier alpha value is -1.67. The maximum atomic E-state index is 10.0. The van der Waals surface area contributed by atoms with Crippen LogP contribution in [-0.2, 0) is 0 Å². The number of nitrogens with zero attached hydrogens (tertiary/aromatic N) is 1. The van der Waals surface area contributed by atoms with Gasteiger partial charge in [0, 0.05) is 23.3 Å². The molecule has 0 amide bonds. The van der Waals surface area contributed by atoms with E-state index in [1.807, 2.05) is 13.1 Å². The van der Waals surface area contributed by atoms with Crippen molar-refractivity contribution in [3.05, 3.63) is 58.1 Å². The van der Waals surface area contributed by atoms with Gasteiger partial charge < -0.3 is 10.0 Å². The van der Waals surface area contributed by atoms with Crippen LogP contribution in [0.3, 0.4) is 0 Å². The van der Waals surface area contributed by atoms with Crippen LogP contribution in [0.1, 0.15) is 29.7 Å². The van der Waals surface area contributed by atoms with Crippen LogP contribution in [0.25, 0.3) is 0 Å². The fourth-order valence-corrected chi connectivity index (χ4v) is 2.63. The Morgan fingerprint density at radius 3 is 2.25 bits per heavy atom. The third kappa shape index (κ3) is 3.07. The summed E-state index contributed by atoms with van der Waals surface area (Å²) in [4.78, 5) is 2.14. The Balaban J connectivity index is 2.36. The smallest absolute Gasteiger partial charge is 0.120 e. The predicted molar refractivity (Wildman–Crippen MR) is 85.9 cm³/mol. The van der Waals surface area contributed by atoms with Crippen LogP contribution in [-0.4, -0.2) is 12.2 Å². The molecule has 106 valence electrons. The molecule has 1 N–H and O–H groups in total. The zero-order chi connectivity index (χ0) is 14.9. The number of hydrogen-bond acceptors (Lipinski definition) is 2. The van der Waals surface area contributed by atoms with Gasteiger partial charge in [-0.1, -0.05) is 17.7 Å². The molecule has 0 saturated carbocycles. The van der Waals surface area contributed by atoms with Crippen molar-refractivity contribution < 1.29 is 5.11 Å². The van der Waals surface area contributed by atoms with Gasteiger partial charge in [0.25, 0.3) is 0 Å². The molecule has 0 heterocycles. The Bertz CT molecular complexity index is 604. The second-order valence-corrected chi connectivity index (χ2v) is 5.77. The fourth-order valence-electron chi connectivity index (χ4n) is 2.45. The van der Waals surface area contributed by atoms with Crippen LogP contribution in [0.2, 0.25) is 5.02 Å². The van der Waals surface area contributed by atoms with E-state index in [1.165, 1.54) is 11.1 Å². The average molecular weight is 290 g/mol. The van der Waals surface area contributed by atoms with Gasteiger partial charge in [0.2, 0.25) is 0 Å². The third-order valence-electron chi connectivity index (χ3n) is 3.63. The molecule has 0 aliphatic rings. The van der Waals surface area contributed by atoms with Crippen molar-refractivity contribution in [1.29, 1.82) is 0 Å². The van der Waals surface area contributed by atoms with Crippen LogP contribution < -0.4 is 4.90 Å². The van der Waals surface area contributed by atoms with E-state index in [4.69, 9.17) is 11.6 Å². The Morgan fingerprint density at radius 1 is 1.05 bits per heavy atom. The first-order valence-electron chi connectivity index (χ1n) is 6.68. The van der Waals surface area contributed by atoms with E-state index >= 15 is 0 Å². The first-order valence-corrected chi connectivity index (χ1v) is 7.06. The molecule has 2 aromatic carbocycles. The van der Waals surface area contributed by atoms with E-state index in [0.717, 1.165) is 11.3 Å². The number of halogens is 1. The monoisotopic (exact) mass is 289 g/mol. The highest BCUT2D eigenvalue weighted by molar-refractivity contribution is 6.30. The van der Waals surface area contributed by atoms with Crippen molar-refractivity contribution in [2.75, 3.05) is 11.9 Å². The molecule has 2 aromatic rings. The summed E-state index contributed by atoms with van der Waals surface area (Å²) >= 11 is 6.03. The van der Waals surface area contributed by atoms with Gasteiger partial charge >= 0.3 is 0 Å². The maximum absolute atomic E-state index is 10.0. The molecule has 0 saturated heterocycles. The molecule has 1 unspecified atom stereocenters. The second-order valence-electron chi connectivity index (χ2n) is 5.34. The highest BCUT2D eigenvalue weighted by atomic mass is 35.5. The van der Waals surface area contributed by atoms with Crippen molar-refractivity contribution in [2.24, 2.45) is 0 Å². The van der Waals surface area contributed by atoms with E-state index in [0.29, 0.717) is 5.02 Å². The van der Waals surface area contributed by atoms with Gasteiger partial charge in [0.15, 0.2) is 0 Å². The van der Waals surface area contributed by atoms with Crippen LogP contribution in [0.5, 0.6) is 5.75 Å². The lowest BCUT2D eigenvalue weighted by atomic mass is 10.0. The molecule has 0 aromatic heterocycles. The van der Waals surface area contributed by atoms with Gasteiger partial charge in [-0.05, 0) is 62.2 Å². The number of aryl methyl sites for hydroxylation is 2. The van der Waals surface area contributed by atoms with E-state index in [9.17, 15) is 5.11 Å². The quantitative estimate of drug-likeness (QED) is 0.872. The predicted octanol–water partition coefficient (Wildman–Crippen LogP) is 4.86. The number of hydrogen-bond donors (Lipinski definition) is 1. The van der Waals surface area contributed by atoms with Crippen molar-refractivity contribution in [3.8, 4) is 5.75 Å². The van der Waals surface area contributed by atoms with Gasteiger partial charge in [-0.25, -0.2) is 0 Å². The lowest BCUT2D eigenvalue weighted by Crippen LogP contribution is -2.21. The van der Waals surface area contributed by atoms with Crippen LogP contribution in [0.15, 0.2) is 36.4 Å². The highest BCUT2D eigenvalue weighted by Gasteiger charge is 2.16. The fraction of sp³-hybridized carbons (Fsp3) is 0.294. The largest absolute Gasteiger partial charge is 0.508 e. The highest BCUT2D eigenvalue weighted by Crippen LogP contribution is 2.33. The van der Waals surface area contributed by atoms with E-state index in [2.05, 4.69) is 43.9 Å². The van der Waals surface area contributed by atoms with Crippen molar-refractivity contribution >= 4 is 17.3 Å². The number of phenolic OH excluding ortho intramolecular Hbond substituents is 1. The van der Waals surface area contributed by atoms with Gasteiger partial charge in [-0.3, -0.25) is 0 Å². The second kappa shape index (κ2) is 5.76. The molecule has 0 radical (unpaired) electrons. The summed E-state index contributed by atoms with van der Waals surface area (Å²) in [6, 6.07) is 11.6. The molecule has 2 nitrogen and oxygen atoms in total. The van der Waals surface area contributed by atoms with Gasteiger partial charge in [0.05, 0.1) is 6.04 Å².